The lowest BCUT2D eigenvalue weighted by Gasteiger charge is -2.35. The lowest BCUT2D eigenvalue weighted by atomic mass is 9.81. The van der Waals surface area contributed by atoms with Crippen LogP contribution in [0.2, 0.25) is 0 Å². The van der Waals surface area contributed by atoms with Crippen molar-refractivity contribution in [2.24, 2.45) is 24.9 Å². The zero-order valence-corrected chi connectivity index (χ0v) is 32.4. The summed E-state index contributed by atoms with van der Waals surface area (Å²) in [5.41, 5.74) is 8.85. The molecule has 0 spiro atoms. The monoisotopic (exact) mass is 733 g/mol. The standard InChI is InChI=1S/C43H52FN7O3/c1-26(2)51-20-14-37-35(23-51)45-38(48(37)5)32(44)21-29-9-7-10-30(27(29)3)31-11-8-12-33(28(31)4)47-40(52)39-46-34-22-50(19-13-36(34)49(39)6)25-42-15-17-43(24-42,18-16-42)41(53)54/h7-12,21,26H,13-20,22-25H2,1-6H3,(H,47,52)(H,53,54)/b32-21-. The highest BCUT2D eigenvalue weighted by atomic mass is 19.1. The van der Waals surface area contributed by atoms with E-state index in [1.54, 1.807) is 6.08 Å². The summed E-state index contributed by atoms with van der Waals surface area (Å²) in [4.78, 5) is 40.2. The van der Waals surface area contributed by atoms with E-state index in [2.05, 4.69) is 29.0 Å². The number of amides is 1. The number of anilines is 1. The summed E-state index contributed by atoms with van der Waals surface area (Å²) < 4.78 is 19.8. The van der Waals surface area contributed by atoms with Crippen LogP contribution in [0.5, 0.6) is 0 Å². The highest BCUT2D eigenvalue weighted by Gasteiger charge is 2.58. The van der Waals surface area contributed by atoms with Gasteiger partial charge in [0.1, 0.15) is 0 Å². The van der Waals surface area contributed by atoms with Gasteiger partial charge in [0.2, 0.25) is 0 Å². The number of fused-ring (bicyclic) bond motifs is 4. The first kappa shape index (κ1) is 36.4. The van der Waals surface area contributed by atoms with Gasteiger partial charge in [-0.3, -0.25) is 19.4 Å². The molecule has 2 aromatic heterocycles. The van der Waals surface area contributed by atoms with Crippen LogP contribution in [0.25, 0.3) is 23.0 Å². The molecule has 0 unspecified atom stereocenters. The molecule has 2 saturated carbocycles. The zero-order chi connectivity index (χ0) is 38.1. The first-order valence-electron chi connectivity index (χ1n) is 19.5. The van der Waals surface area contributed by atoms with E-state index in [-0.39, 0.29) is 17.1 Å². The van der Waals surface area contributed by atoms with E-state index in [0.29, 0.717) is 29.9 Å². The van der Waals surface area contributed by atoms with Crippen LogP contribution in [0.1, 0.15) is 102 Å². The summed E-state index contributed by atoms with van der Waals surface area (Å²) in [5, 5.41) is 13.0. The van der Waals surface area contributed by atoms with E-state index in [1.807, 2.05) is 73.5 Å². The molecule has 11 heteroatoms. The maximum Gasteiger partial charge on any atom is 0.309 e. The summed E-state index contributed by atoms with van der Waals surface area (Å²) in [6.45, 7) is 12.5. The topological polar surface area (TPSA) is 109 Å². The molecular formula is C43H52FN7O3. The second-order valence-electron chi connectivity index (χ2n) is 16.8. The Bertz CT molecular complexity index is 2190. The molecule has 4 aromatic rings. The van der Waals surface area contributed by atoms with Crippen molar-refractivity contribution in [3.05, 3.63) is 87.5 Å². The van der Waals surface area contributed by atoms with Crippen LogP contribution in [0.3, 0.4) is 0 Å². The summed E-state index contributed by atoms with van der Waals surface area (Å²) >= 11 is 0. The number of carbonyl (C=O) groups is 2. The molecule has 2 bridgehead atoms. The SMILES string of the molecule is Cc1c(/C=C(\F)c2nc3c(n2C)CCN(C(C)C)C3)cccc1-c1cccc(NC(=O)c2nc3c(n2C)CCN(CC24CCC(C(=O)O)(CC2)C4)C3)c1C. The fourth-order valence-corrected chi connectivity index (χ4v) is 9.97. The predicted octanol–water partition coefficient (Wildman–Crippen LogP) is 7.32. The molecular weight excluding hydrogens is 682 g/mol. The molecule has 54 heavy (non-hydrogen) atoms. The van der Waals surface area contributed by atoms with Crippen LogP contribution in [0.4, 0.5) is 10.1 Å². The average Bonchev–Trinajstić information content (AvgIpc) is 3.90. The first-order valence-corrected chi connectivity index (χ1v) is 19.5. The van der Waals surface area contributed by atoms with Gasteiger partial charge in [0, 0.05) is 82.8 Å². The van der Waals surface area contributed by atoms with Gasteiger partial charge in [0.25, 0.3) is 5.91 Å². The van der Waals surface area contributed by atoms with Crippen molar-refractivity contribution >= 4 is 29.5 Å². The van der Waals surface area contributed by atoms with Gasteiger partial charge < -0.3 is 19.6 Å². The van der Waals surface area contributed by atoms with Crippen molar-refractivity contribution in [1.82, 2.24) is 28.9 Å². The number of benzene rings is 2. The fourth-order valence-electron chi connectivity index (χ4n) is 9.97. The van der Waals surface area contributed by atoms with Gasteiger partial charge in [0.05, 0.1) is 16.8 Å². The van der Waals surface area contributed by atoms with Gasteiger partial charge in [0.15, 0.2) is 17.5 Å². The highest BCUT2D eigenvalue weighted by molar-refractivity contribution is 6.03. The van der Waals surface area contributed by atoms with E-state index in [4.69, 9.17) is 9.97 Å². The number of hydrogen-bond donors (Lipinski definition) is 2. The molecule has 2 aromatic carbocycles. The number of aliphatic carboxylic acids is 1. The number of hydrogen-bond acceptors (Lipinski definition) is 6. The first-order chi connectivity index (χ1) is 25.8. The number of nitrogens with zero attached hydrogens (tertiary/aromatic N) is 6. The van der Waals surface area contributed by atoms with E-state index in [1.165, 1.54) is 0 Å². The Balaban J connectivity index is 0.988. The van der Waals surface area contributed by atoms with E-state index >= 15 is 4.39 Å². The van der Waals surface area contributed by atoms with Gasteiger partial charge in [-0.05, 0) is 105 Å². The molecule has 10 nitrogen and oxygen atoms in total. The van der Waals surface area contributed by atoms with Crippen molar-refractivity contribution in [3.63, 3.8) is 0 Å². The highest BCUT2D eigenvalue weighted by Crippen LogP contribution is 2.62. The molecule has 2 N–H and O–H groups in total. The molecule has 2 aliphatic carbocycles. The van der Waals surface area contributed by atoms with Crippen molar-refractivity contribution in [1.29, 1.82) is 0 Å². The minimum atomic E-state index is -0.632. The maximum absolute atomic E-state index is 16.0. The molecule has 284 valence electrons. The van der Waals surface area contributed by atoms with Gasteiger partial charge in [-0.25, -0.2) is 14.4 Å². The zero-order valence-electron chi connectivity index (χ0n) is 32.4. The van der Waals surface area contributed by atoms with Crippen molar-refractivity contribution in [2.45, 2.75) is 91.8 Å². The Kier molecular flexibility index (Phi) is 9.16. The molecule has 0 radical (unpaired) electrons. The van der Waals surface area contributed by atoms with Crippen molar-refractivity contribution in [3.8, 4) is 11.1 Å². The molecule has 0 saturated heterocycles. The molecule has 1 amide bonds. The van der Waals surface area contributed by atoms with Crippen LogP contribution >= 0.6 is 0 Å². The molecule has 4 aliphatic rings. The third kappa shape index (κ3) is 6.19. The Morgan fingerprint density at radius 1 is 0.889 bits per heavy atom. The Morgan fingerprint density at radius 3 is 2.20 bits per heavy atom. The summed E-state index contributed by atoms with van der Waals surface area (Å²) in [6.07, 6.45) is 7.51. The van der Waals surface area contributed by atoms with Gasteiger partial charge in [-0.15, -0.1) is 0 Å². The Labute approximate surface area is 317 Å². The summed E-state index contributed by atoms with van der Waals surface area (Å²) in [7, 11) is 3.81. The number of halogens is 1. The van der Waals surface area contributed by atoms with Crippen LogP contribution in [0, 0.1) is 24.7 Å². The van der Waals surface area contributed by atoms with E-state index in [9.17, 15) is 14.7 Å². The molecule has 2 fully saturated rings. The Morgan fingerprint density at radius 2 is 1.52 bits per heavy atom. The minimum Gasteiger partial charge on any atom is -0.481 e. The van der Waals surface area contributed by atoms with E-state index < -0.39 is 11.4 Å². The maximum atomic E-state index is 16.0. The minimum absolute atomic E-state index is 0.0738. The number of carbonyl (C=O) groups excluding carboxylic acids is 1. The quantitative estimate of drug-likeness (QED) is 0.186. The largest absolute Gasteiger partial charge is 0.481 e. The normalized spacial score (nSPS) is 22.9. The molecule has 2 aliphatic heterocycles. The van der Waals surface area contributed by atoms with Crippen LogP contribution in [-0.2, 0) is 44.8 Å². The Hall–Kier alpha value is -4.61. The second-order valence-corrected chi connectivity index (χ2v) is 16.8. The number of rotatable bonds is 9. The smallest absolute Gasteiger partial charge is 0.309 e. The second kappa shape index (κ2) is 13.6. The third-order valence-electron chi connectivity index (χ3n) is 13.3. The number of aromatic nitrogens is 4. The van der Waals surface area contributed by atoms with Gasteiger partial charge >= 0.3 is 5.97 Å². The van der Waals surface area contributed by atoms with Crippen LogP contribution in [0.15, 0.2) is 36.4 Å². The number of carboxylic acids is 1. The molecule has 0 atom stereocenters. The van der Waals surface area contributed by atoms with Crippen molar-refractivity contribution < 1.29 is 19.1 Å². The number of nitrogens with one attached hydrogen (secondary N) is 1. The lowest BCUT2D eigenvalue weighted by molar-refractivity contribution is -0.148. The average molecular weight is 734 g/mol. The fraction of sp³-hybridized carbons (Fsp3) is 0.488. The summed E-state index contributed by atoms with van der Waals surface area (Å²) in [5.74, 6) is -0.524. The van der Waals surface area contributed by atoms with Crippen LogP contribution < -0.4 is 5.32 Å². The third-order valence-corrected chi connectivity index (χ3v) is 13.3. The van der Waals surface area contributed by atoms with Gasteiger partial charge in [-0.1, -0.05) is 30.3 Å². The number of imidazole rings is 2. The molecule has 4 heterocycles. The van der Waals surface area contributed by atoms with Crippen molar-refractivity contribution in [2.75, 3.05) is 25.0 Å². The van der Waals surface area contributed by atoms with Gasteiger partial charge in [-0.2, -0.15) is 0 Å². The predicted molar refractivity (Wildman–Crippen MR) is 209 cm³/mol. The lowest BCUT2D eigenvalue weighted by Crippen LogP contribution is -2.39. The molecule has 8 rings (SSSR count). The van der Waals surface area contributed by atoms with E-state index in [0.717, 1.165) is 122 Å². The summed E-state index contributed by atoms with van der Waals surface area (Å²) in [6, 6.07) is 12.2. The van der Waals surface area contributed by atoms with Crippen LogP contribution in [-0.4, -0.2) is 71.6 Å². The number of carboxylic acid groups (broad SMARTS) is 1.